The van der Waals surface area contributed by atoms with E-state index in [1.165, 1.54) is 11.1 Å². The molecule has 2 heterocycles. The maximum absolute atomic E-state index is 11.7. The Hall–Kier alpha value is -0.580. The molecule has 0 radical (unpaired) electrons. The first kappa shape index (κ1) is 12.5. The highest BCUT2D eigenvalue weighted by atomic mass is 31.1. The van der Waals surface area contributed by atoms with E-state index in [9.17, 15) is 9.13 Å². The number of benzene rings is 1. The molecule has 2 aliphatic rings. The van der Waals surface area contributed by atoms with E-state index in [0.717, 1.165) is 12.3 Å². The SMILES string of the molecule is CC1C[P+](=O)C1c1ccc(C2C(C)C[P+]2=O)cc1. The van der Waals surface area contributed by atoms with Gasteiger partial charge in [-0.15, -0.1) is 0 Å². The molecule has 4 heteroatoms. The van der Waals surface area contributed by atoms with Crippen molar-refractivity contribution in [3.8, 4) is 0 Å². The monoisotopic (exact) mass is 280 g/mol. The molecular weight excluding hydrogens is 262 g/mol. The number of hydrogen-bond acceptors (Lipinski definition) is 2. The standard InChI is InChI=1S/C14H18O2P2/c1-9-7-17(15)13(9)11-3-5-12(6-4-11)14-10(2)8-18(14)16/h3-6,9-10,13-14H,7-8H2,1-2H3/q+2. The highest BCUT2D eigenvalue weighted by Gasteiger charge is 2.51. The first-order chi connectivity index (χ1) is 8.58. The molecule has 0 spiro atoms. The summed E-state index contributed by atoms with van der Waals surface area (Å²) in [7, 11) is -2.07. The summed E-state index contributed by atoms with van der Waals surface area (Å²) in [6.45, 7) is 4.33. The van der Waals surface area contributed by atoms with Crippen LogP contribution in [-0.4, -0.2) is 12.3 Å². The molecule has 2 saturated heterocycles. The molecule has 0 bridgehead atoms. The molecule has 6 unspecified atom stereocenters. The minimum absolute atomic E-state index is 0.252. The van der Waals surface area contributed by atoms with Crippen LogP contribution < -0.4 is 0 Å². The van der Waals surface area contributed by atoms with Crippen LogP contribution in [0.15, 0.2) is 24.3 Å². The molecule has 0 saturated carbocycles. The van der Waals surface area contributed by atoms with E-state index in [1.54, 1.807) is 0 Å². The van der Waals surface area contributed by atoms with E-state index in [1.807, 2.05) is 0 Å². The van der Waals surface area contributed by atoms with Crippen molar-refractivity contribution in [1.82, 2.24) is 0 Å². The van der Waals surface area contributed by atoms with Crippen LogP contribution in [0.1, 0.15) is 36.3 Å². The van der Waals surface area contributed by atoms with Crippen LogP contribution in [0.3, 0.4) is 0 Å². The fourth-order valence-electron chi connectivity index (χ4n) is 3.17. The van der Waals surface area contributed by atoms with Gasteiger partial charge in [-0.25, -0.2) is 0 Å². The predicted octanol–water partition coefficient (Wildman–Crippen LogP) is 4.72. The molecule has 1 aromatic carbocycles. The lowest BCUT2D eigenvalue weighted by Crippen LogP contribution is -2.21. The lowest BCUT2D eigenvalue weighted by Gasteiger charge is -2.24. The van der Waals surface area contributed by atoms with E-state index in [2.05, 4.69) is 38.1 Å². The minimum Gasteiger partial charge on any atom is -0.0741 e. The summed E-state index contributed by atoms with van der Waals surface area (Å²) in [5, 5.41) is 0. The van der Waals surface area contributed by atoms with Crippen LogP contribution in [0.4, 0.5) is 0 Å². The summed E-state index contributed by atoms with van der Waals surface area (Å²) in [5.74, 6) is 1.08. The summed E-state index contributed by atoms with van der Waals surface area (Å²) in [6, 6.07) is 8.38. The molecule has 3 rings (SSSR count). The van der Waals surface area contributed by atoms with Crippen molar-refractivity contribution in [3.63, 3.8) is 0 Å². The van der Waals surface area contributed by atoms with E-state index < -0.39 is 15.6 Å². The zero-order chi connectivity index (χ0) is 12.9. The summed E-state index contributed by atoms with van der Waals surface area (Å²) < 4.78 is 23.5. The lowest BCUT2D eigenvalue weighted by molar-refractivity contribution is 0.496. The third kappa shape index (κ3) is 1.87. The Morgan fingerprint density at radius 1 is 0.833 bits per heavy atom. The van der Waals surface area contributed by atoms with Crippen LogP contribution in [0.5, 0.6) is 0 Å². The summed E-state index contributed by atoms with van der Waals surface area (Å²) in [6.07, 6.45) is 1.74. The normalized spacial score (nSPS) is 39.0. The Kier molecular flexibility index (Phi) is 3.12. The fourth-order valence-corrected chi connectivity index (χ4v) is 6.75. The lowest BCUT2D eigenvalue weighted by atomic mass is 9.96. The van der Waals surface area contributed by atoms with E-state index >= 15 is 0 Å². The summed E-state index contributed by atoms with van der Waals surface area (Å²) >= 11 is 0. The van der Waals surface area contributed by atoms with Crippen LogP contribution in [0.25, 0.3) is 0 Å². The molecular formula is C14H18O2P2+2. The third-order valence-corrected chi connectivity index (χ3v) is 8.98. The van der Waals surface area contributed by atoms with Crippen molar-refractivity contribution in [2.24, 2.45) is 11.8 Å². The topological polar surface area (TPSA) is 34.1 Å². The molecule has 18 heavy (non-hydrogen) atoms. The molecule has 2 nitrogen and oxygen atoms in total. The Morgan fingerprint density at radius 3 is 1.39 bits per heavy atom. The molecule has 6 atom stereocenters. The second-order valence-corrected chi connectivity index (χ2v) is 9.22. The van der Waals surface area contributed by atoms with Crippen molar-refractivity contribution in [2.75, 3.05) is 12.3 Å². The quantitative estimate of drug-likeness (QED) is 0.734. The van der Waals surface area contributed by atoms with Gasteiger partial charge in [0.1, 0.15) is 0 Å². The van der Waals surface area contributed by atoms with Gasteiger partial charge in [-0.05, 0) is 0 Å². The van der Waals surface area contributed by atoms with Gasteiger partial charge in [-0.2, -0.15) is 0 Å². The number of rotatable bonds is 2. The maximum atomic E-state index is 11.7. The van der Waals surface area contributed by atoms with E-state index in [0.29, 0.717) is 11.8 Å². The third-order valence-electron chi connectivity index (χ3n) is 4.25. The molecule has 0 aliphatic carbocycles. The first-order valence-electron chi connectivity index (χ1n) is 6.55. The van der Waals surface area contributed by atoms with Gasteiger partial charge in [0.05, 0.1) is 11.8 Å². The van der Waals surface area contributed by atoms with Gasteiger partial charge in [0, 0.05) is 11.1 Å². The van der Waals surface area contributed by atoms with Gasteiger partial charge < -0.3 is 0 Å². The van der Waals surface area contributed by atoms with E-state index in [4.69, 9.17) is 0 Å². The largest absolute Gasteiger partial charge is 0.347 e. The van der Waals surface area contributed by atoms with Crippen LogP contribution in [-0.2, 0) is 9.13 Å². The van der Waals surface area contributed by atoms with Gasteiger partial charge >= 0.3 is 15.6 Å². The van der Waals surface area contributed by atoms with Gasteiger partial charge in [0.25, 0.3) is 0 Å². The van der Waals surface area contributed by atoms with E-state index in [-0.39, 0.29) is 11.3 Å². The maximum Gasteiger partial charge on any atom is 0.347 e. The Morgan fingerprint density at radius 2 is 1.17 bits per heavy atom. The van der Waals surface area contributed by atoms with Crippen molar-refractivity contribution >= 4 is 15.6 Å². The Balaban J connectivity index is 1.81. The number of hydrogen-bond donors (Lipinski definition) is 0. The van der Waals surface area contributed by atoms with Gasteiger partial charge in [0.15, 0.2) is 23.6 Å². The van der Waals surface area contributed by atoms with Crippen molar-refractivity contribution in [3.05, 3.63) is 35.4 Å². The smallest absolute Gasteiger partial charge is 0.0741 e. The highest BCUT2D eigenvalue weighted by Crippen LogP contribution is 2.59. The summed E-state index contributed by atoms with van der Waals surface area (Å²) in [5.41, 5.74) is 2.89. The summed E-state index contributed by atoms with van der Waals surface area (Å²) in [4.78, 5) is 0. The first-order valence-corrected chi connectivity index (χ1v) is 9.58. The highest BCUT2D eigenvalue weighted by molar-refractivity contribution is 7.47. The van der Waals surface area contributed by atoms with Crippen molar-refractivity contribution in [1.29, 1.82) is 0 Å². The molecule has 94 valence electrons. The Labute approximate surface area is 110 Å². The minimum atomic E-state index is -1.04. The zero-order valence-corrected chi connectivity index (χ0v) is 12.5. The average Bonchev–Trinajstić information content (AvgIpc) is 2.31. The molecule has 0 amide bonds. The van der Waals surface area contributed by atoms with Crippen LogP contribution >= 0.6 is 15.6 Å². The molecule has 0 N–H and O–H groups in total. The van der Waals surface area contributed by atoms with Gasteiger partial charge in [0.2, 0.25) is 0 Å². The zero-order valence-electron chi connectivity index (χ0n) is 10.7. The molecule has 1 aromatic rings. The second kappa shape index (κ2) is 4.51. The van der Waals surface area contributed by atoms with Crippen LogP contribution in [0, 0.1) is 11.8 Å². The van der Waals surface area contributed by atoms with Crippen molar-refractivity contribution in [2.45, 2.75) is 25.2 Å². The van der Waals surface area contributed by atoms with Crippen molar-refractivity contribution < 1.29 is 9.13 Å². The average molecular weight is 280 g/mol. The van der Waals surface area contributed by atoms with Gasteiger partial charge in [-0.1, -0.05) is 47.2 Å². The van der Waals surface area contributed by atoms with Crippen LogP contribution in [0.2, 0.25) is 0 Å². The van der Waals surface area contributed by atoms with Gasteiger partial charge in [-0.3, -0.25) is 0 Å². The predicted molar refractivity (Wildman–Crippen MR) is 75.2 cm³/mol. The molecule has 2 aliphatic heterocycles. The second-order valence-electron chi connectivity index (χ2n) is 5.71. The fraction of sp³-hybridized carbons (Fsp3) is 0.571. The molecule has 0 aromatic heterocycles. The molecule has 2 fully saturated rings. The Bertz CT molecular complexity index is 462.